The lowest BCUT2D eigenvalue weighted by Gasteiger charge is -2.07. The van der Waals surface area contributed by atoms with Crippen LogP contribution in [0.1, 0.15) is 23.7 Å². The third kappa shape index (κ3) is 4.32. The second-order valence-electron chi connectivity index (χ2n) is 5.92. The third-order valence-corrected chi connectivity index (χ3v) is 5.05. The Morgan fingerprint density at radius 3 is 2.50 bits per heavy atom. The number of thioether (sulfide) groups is 1. The Bertz CT molecular complexity index is 829. The van der Waals surface area contributed by atoms with Crippen LogP contribution in [-0.2, 0) is 17.6 Å². The van der Waals surface area contributed by atoms with Crippen LogP contribution in [-0.4, -0.2) is 34.7 Å². The van der Waals surface area contributed by atoms with Gasteiger partial charge in [-0.1, -0.05) is 25.1 Å². The summed E-state index contributed by atoms with van der Waals surface area (Å²) in [5.74, 6) is 0.498. The van der Waals surface area contributed by atoms with E-state index >= 15 is 0 Å². The first kappa shape index (κ1) is 18.2. The van der Waals surface area contributed by atoms with E-state index in [1.807, 2.05) is 36.5 Å². The highest BCUT2D eigenvalue weighted by Gasteiger charge is 2.31. The molecule has 2 aromatic rings. The maximum absolute atomic E-state index is 11.9. The lowest BCUT2D eigenvalue weighted by atomic mass is 10.2. The van der Waals surface area contributed by atoms with E-state index in [2.05, 4.69) is 18.0 Å². The number of hydrogen-bond donors (Lipinski definition) is 0. The molecular weight excluding hydrogens is 348 g/mol. The van der Waals surface area contributed by atoms with Crippen LogP contribution in [0.15, 0.2) is 47.5 Å². The summed E-state index contributed by atoms with van der Waals surface area (Å²) >= 11 is 0.955. The average Bonchev–Trinajstić information content (AvgIpc) is 2.90. The van der Waals surface area contributed by atoms with Crippen molar-refractivity contribution in [3.8, 4) is 5.75 Å². The number of rotatable bonds is 6. The van der Waals surface area contributed by atoms with E-state index < -0.39 is 0 Å². The van der Waals surface area contributed by atoms with Crippen molar-refractivity contribution in [1.82, 2.24) is 9.88 Å². The number of amides is 2. The fraction of sp³-hybridized carbons (Fsp3) is 0.250. The summed E-state index contributed by atoms with van der Waals surface area (Å²) in [7, 11) is 1.49. The monoisotopic (exact) mass is 368 g/mol. The SMILES string of the molecule is CCc1ccc(CCOc2ccc(C=C3SC(=O)N(C)C3=O)cc2)nc1. The maximum Gasteiger partial charge on any atom is 0.293 e. The first-order valence-electron chi connectivity index (χ1n) is 8.45. The van der Waals surface area contributed by atoms with Crippen LogP contribution < -0.4 is 4.74 Å². The molecule has 134 valence electrons. The summed E-state index contributed by atoms with van der Waals surface area (Å²) in [6.07, 6.45) is 5.36. The first-order chi connectivity index (χ1) is 12.6. The van der Waals surface area contributed by atoms with Crippen molar-refractivity contribution in [3.05, 3.63) is 64.3 Å². The van der Waals surface area contributed by atoms with Crippen molar-refractivity contribution < 1.29 is 14.3 Å². The van der Waals surface area contributed by atoms with E-state index in [9.17, 15) is 9.59 Å². The molecule has 2 heterocycles. The Labute approximate surface area is 157 Å². The Hall–Kier alpha value is -2.60. The van der Waals surface area contributed by atoms with Gasteiger partial charge in [-0.2, -0.15) is 0 Å². The molecule has 0 aliphatic carbocycles. The first-order valence-corrected chi connectivity index (χ1v) is 9.26. The van der Waals surface area contributed by atoms with Gasteiger partial charge in [0.2, 0.25) is 0 Å². The highest BCUT2D eigenvalue weighted by Crippen LogP contribution is 2.31. The van der Waals surface area contributed by atoms with Gasteiger partial charge in [0.1, 0.15) is 5.75 Å². The minimum atomic E-state index is -0.262. The summed E-state index contributed by atoms with van der Waals surface area (Å²) in [6.45, 7) is 2.66. The van der Waals surface area contributed by atoms with Crippen molar-refractivity contribution >= 4 is 29.0 Å². The van der Waals surface area contributed by atoms with Gasteiger partial charge in [0.15, 0.2) is 0 Å². The Morgan fingerprint density at radius 2 is 1.92 bits per heavy atom. The topological polar surface area (TPSA) is 59.5 Å². The van der Waals surface area contributed by atoms with Crippen LogP contribution >= 0.6 is 11.8 Å². The van der Waals surface area contributed by atoms with Crippen LogP contribution in [0.25, 0.3) is 6.08 Å². The van der Waals surface area contributed by atoms with Crippen molar-refractivity contribution in [2.45, 2.75) is 19.8 Å². The number of imide groups is 1. The third-order valence-electron chi connectivity index (χ3n) is 4.09. The molecule has 1 aliphatic heterocycles. The maximum atomic E-state index is 11.9. The number of ether oxygens (including phenoxy) is 1. The standard InChI is InChI=1S/C20H20N2O3S/c1-3-14-4-7-16(21-13-14)10-11-25-17-8-5-15(6-9-17)12-18-19(23)22(2)20(24)26-18/h4-9,12-13H,3,10-11H2,1-2H3. The number of aromatic nitrogens is 1. The largest absolute Gasteiger partial charge is 0.493 e. The average molecular weight is 368 g/mol. The molecule has 3 rings (SSSR count). The molecule has 1 aromatic carbocycles. The molecule has 0 saturated carbocycles. The van der Waals surface area contributed by atoms with Crippen LogP contribution in [0.3, 0.4) is 0 Å². The van der Waals surface area contributed by atoms with Crippen LogP contribution in [0.5, 0.6) is 5.75 Å². The highest BCUT2D eigenvalue weighted by atomic mass is 32.2. The van der Waals surface area contributed by atoms with E-state index in [4.69, 9.17) is 4.74 Å². The van der Waals surface area contributed by atoms with Crippen LogP contribution in [0.4, 0.5) is 4.79 Å². The minimum Gasteiger partial charge on any atom is -0.493 e. The van der Waals surface area contributed by atoms with Gasteiger partial charge in [0.05, 0.1) is 11.5 Å². The molecule has 0 bridgehead atoms. The van der Waals surface area contributed by atoms with E-state index in [1.165, 1.54) is 12.6 Å². The zero-order chi connectivity index (χ0) is 18.5. The highest BCUT2D eigenvalue weighted by molar-refractivity contribution is 8.18. The van der Waals surface area contributed by atoms with Gasteiger partial charge in [0.25, 0.3) is 11.1 Å². The van der Waals surface area contributed by atoms with Crippen molar-refractivity contribution in [2.75, 3.05) is 13.7 Å². The Balaban J connectivity index is 1.54. The van der Waals surface area contributed by atoms with Gasteiger partial charge in [-0.05, 0) is 53.6 Å². The number of carbonyl (C=O) groups is 2. The molecule has 0 unspecified atom stereocenters. The predicted octanol–water partition coefficient (Wildman–Crippen LogP) is 3.93. The molecule has 0 spiro atoms. The number of benzene rings is 1. The summed E-state index contributed by atoms with van der Waals surface area (Å²) in [4.78, 5) is 29.4. The molecule has 2 amide bonds. The number of aryl methyl sites for hydroxylation is 1. The van der Waals surface area contributed by atoms with Gasteiger partial charge in [-0.3, -0.25) is 19.5 Å². The molecule has 1 fully saturated rings. The molecule has 0 radical (unpaired) electrons. The smallest absolute Gasteiger partial charge is 0.293 e. The van der Waals surface area contributed by atoms with E-state index in [1.54, 1.807) is 6.08 Å². The van der Waals surface area contributed by atoms with Crippen molar-refractivity contribution in [3.63, 3.8) is 0 Å². The molecule has 6 heteroatoms. The number of nitrogens with zero attached hydrogens (tertiary/aromatic N) is 2. The second kappa shape index (κ2) is 8.19. The van der Waals surface area contributed by atoms with Crippen LogP contribution in [0, 0.1) is 0 Å². The lowest BCUT2D eigenvalue weighted by molar-refractivity contribution is -0.121. The van der Waals surface area contributed by atoms with Gasteiger partial charge in [-0.15, -0.1) is 0 Å². The molecule has 26 heavy (non-hydrogen) atoms. The molecule has 1 aromatic heterocycles. The zero-order valence-corrected chi connectivity index (χ0v) is 15.6. The fourth-order valence-electron chi connectivity index (χ4n) is 2.44. The summed E-state index contributed by atoms with van der Waals surface area (Å²) in [5.41, 5.74) is 3.09. The molecule has 1 aliphatic rings. The summed E-state index contributed by atoms with van der Waals surface area (Å²) in [6, 6.07) is 11.6. The van der Waals surface area contributed by atoms with Gasteiger partial charge in [-0.25, -0.2) is 0 Å². The normalized spacial score (nSPS) is 15.8. The van der Waals surface area contributed by atoms with Gasteiger partial charge in [0, 0.05) is 25.4 Å². The molecule has 5 nitrogen and oxygen atoms in total. The fourth-order valence-corrected chi connectivity index (χ4v) is 3.27. The number of carbonyl (C=O) groups excluding carboxylic acids is 2. The molecule has 0 N–H and O–H groups in total. The number of pyridine rings is 1. The zero-order valence-electron chi connectivity index (χ0n) is 14.8. The second-order valence-corrected chi connectivity index (χ2v) is 6.91. The van der Waals surface area contributed by atoms with Crippen LogP contribution in [0.2, 0.25) is 0 Å². The molecule has 0 atom stereocenters. The van der Waals surface area contributed by atoms with Gasteiger partial charge < -0.3 is 4.74 Å². The molecular formula is C20H20N2O3S. The Morgan fingerprint density at radius 1 is 1.15 bits per heavy atom. The lowest BCUT2D eigenvalue weighted by Crippen LogP contribution is -2.22. The summed E-state index contributed by atoms with van der Waals surface area (Å²) in [5, 5.41) is -0.248. The quantitative estimate of drug-likeness (QED) is 0.723. The van der Waals surface area contributed by atoms with Gasteiger partial charge >= 0.3 is 0 Å². The molecule has 1 saturated heterocycles. The van der Waals surface area contributed by atoms with Crippen molar-refractivity contribution in [2.24, 2.45) is 0 Å². The summed E-state index contributed by atoms with van der Waals surface area (Å²) < 4.78 is 5.75. The number of likely N-dealkylation sites (N-methyl/N-ethyl adjacent to an activating group) is 1. The van der Waals surface area contributed by atoms with E-state index in [0.717, 1.165) is 46.5 Å². The van der Waals surface area contributed by atoms with E-state index in [0.29, 0.717) is 11.5 Å². The minimum absolute atomic E-state index is 0.248. The Kier molecular flexibility index (Phi) is 5.73. The van der Waals surface area contributed by atoms with Crippen molar-refractivity contribution in [1.29, 1.82) is 0 Å². The number of hydrogen-bond acceptors (Lipinski definition) is 5. The van der Waals surface area contributed by atoms with E-state index in [-0.39, 0.29) is 11.1 Å². The predicted molar refractivity (Wildman–Crippen MR) is 103 cm³/mol.